The smallest absolute Gasteiger partial charge is 0.341 e. The summed E-state index contributed by atoms with van der Waals surface area (Å²) in [6.07, 6.45) is 3.11. The summed E-state index contributed by atoms with van der Waals surface area (Å²) < 4.78 is 4.74. The second kappa shape index (κ2) is 3.75. The van der Waals surface area contributed by atoms with Crippen LogP contribution in [-0.2, 0) is 9.53 Å². The minimum atomic E-state index is -0.330. The molecule has 0 saturated heterocycles. The Hall–Kier alpha value is -1.32. The molecule has 11 heavy (non-hydrogen) atoms. The number of ether oxygens (including phenoxy) is 1. The second-order valence-corrected chi connectivity index (χ2v) is 1.99. The van der Waals surface area contributed by atoms with Crippen molar-refractivity contribution in [1.29, 1.82) is 0 Å². The Morgan fingerprint density at radius 3 is 3.27 bits per heavy atom. The molecule has 1 aliphatic rings. The third-order valence-corrected chi connectivity index (χ3v) is 1.18. The van der Waals surface area contributed by atoms with Crippen molar-refractivity contribution >= 4 is 12.2 Å². The standard InChI is InChI=1S/C7H10N2O2/c1-2-11-7(10)6-3-8-5-9-4-6/h3-4,8H,2,5H2,1H3. The molecule has 1 N–H and O–H groups in total. The highest BCUT2D eigenvalue weighted by atomic mass is 16.5. The molecular weight excluding hydrogens is 144 g/mol. The topological polar surface area (TPSA) is 50.7 Å². The van der Waals surface area contributed by atoms with Gasteiger partial charge >= 0.3 is 5.97 Å². The first-order valence-electron chi connectivity index (χ1n) is 3.45. The van der Waals surface area contributed by atoms with Crippen LogP contribution in [0.2, 0.25) is 0 Å². The van der Waals surface area contributed by atoms with Crippen LogP contribution in [0.4, 0.5) is 0 Å². The maximum atomic E-state index is 11.0. The van der Waals surface area contributed by atoms with Crippen molar-refractivity contribution < 1.29 is 9.53 Å². The predicted octanol–water partition coefficient (Wildman–Crippen LogP) is 0.0649. The first-order chi connectivity index (χ1) is 5.34. The second-order valence-electron chi connectivity index (χ2n) is 1.99. The van der Waals surface area contributed by atoms with E-state index in [9.17, 15) is 4.79 Å². The minimum Gasteiger partial charge on any atom is -0.462 e. The molecule has 0 bridgehead atoms. The number of hydrogen-bond donors (Lipinski definition) is 1. The van der Waals surface area contributed by atoms with Crippen LogP contribution in [0.15, 0.2) is 16.8 Å². The van der Waals surface area contributed by atoms with Gasteiger partial charge < -0.3 is 10.1 Å². The van der Waals surface area contributed by atoms with Gasteiger partial charge in [0.25, 0.3) is 0 Å². The molecule has 4 heteroatoms. The number of nitrogens with zero attached hydrogens (tertiary/aromatic N) is 1. The first-order valence-corrected chi connectivity index (χ1v) is 3.45. The Morgan fingerprint density at radius 2 is 2.73 bits per heavy atom. The van der Waals surface area contributed by atoms with Gasteiger partial charge in [-0.05, 0) is 6.92 Å². The Bertz CT molecular complexity index is 208. The van der Waals surface area contributed by atoms with Crippen molar-refractivity contribution in [2.24, 2.45) is 4.99 Å². The van der Waals surface area contributed by atoms with Gasteiger partial charge in [0.2, 0.25) is 0 Å². The molecule has 0 amide bonds. The number of carbonyl (C=O) groups excluding carboxylic acids is 1. The van der Waals surface area contributed by atoms with E-state index in [1.807, 2.05) is 0 Å². The molecule has 0 atom stereocenters. The lowest BCUT2D eigenvalue weighted by Crippen LogP contribution is -2.18. The molecule has 0 radical (unpaired) electrons. The van der Waals surface area contributed by atoms with Gasteiger partial charge in [0, 0.05) is 12.4 Å². The van der Waals surface area contributed by atoms with Crippen molar-refractivity contribution in [3.05, 3.63) is 11.8 Å². The SMILES string of the molecule is CCOC(=O)C1=CNCN=C1. The fourth-order valence-corrected chi connectivity index (χ4v) is 0.716. The molecule has 4 nitrogen and oxygen atoms in total. The molecular formula is C7H10N2O2. The average molecular weight is 154 g/mol. The van der Waals surface area contributed by atoms with Gasteiger partial charge in [-0.15, -0.1) is 0 Å². The zero-order valence-corrected chi connectivity index (χ0v) is 6.33. The molecule has 0 spiro atoms. The Kier molecular flexibility index (Phi) is 2.66. The zero-order valence-electron chi connectivity index (χ0n) is 6.33. The van der Waals surface area contributed by atoms with Gasteiger partial charge in [-0.1, -0.05) is 0 Å². The largest absolute Gasteiger partial charge is 0.462 e. The number of aliphatic imine (C=N–C) groups is 1. The number of carbonyl (C=O) groups is 1. The van der Waals surface area contributed by atoms with Crippen LogP contribution in [0.5, 0.6) is 0 Å². The normalized spacial score (nSPS) is 15.2. The third kappa shape index (κ3) is 2.07. The van der Waals surface area contributed by atoms with E-state index in [0.717, 1.165) is 0 Å². The van der Waals surface area contributed by atoms with E-state index in [1.54, 1.807) is 13.1 Å². The fraction of sp³-hybridized carbons (Fsp3) is 0.429. The summed E-state index contributed by atoms with van der Waals surface area (Å²) in [7, 11) is 0. The third-order valence-electron chi connectivity index (χ3n) is 1.18. The lowest BCUT2D eigenvalue weighted by atomic mass is 10.3. The highest BCUT2D eigenvalue weighted by molar-refractivity contribution is 6.09. The van der Waals surface area contributed by atoms with Gasteiger partial charge in [0.15, 0.2) is 0 Å². The molecule has 0 saturated carbocycles. The lowest BCUT2D eigenvalue weighted by Gasteiger charge is -2.06. The molecule has 0 aromatic rings. The van der Waals surface area contributed by atoms with Crippen LogP contribution >= 0.6 is 0 Å². The van der Waals surface area contributed by atoms with Crippen LogP contribution in [0.1, 0.15) is 6.92 Å². The van der Waals surface area contributed by atoms with Crippen molar-refractivity contribution in [3.8, 4) is 0 Å². The number of hydrogen-bond acceptors (Lipinski definition) is 4. The molecule has 60 valence electrons. The summed E-state index contributed by atoms with van der Waals surface area (Å²) in [6.45, 7) is 2.69. The van der Waals surface area contributed by atoms with Crippen LogP contribution in [0, 0.1) is 0 Å². The van der Waals surface area contributed by atoms with Crippen molar-refractivity contribution in [2.75, 3.05) is 13.3 Å². The van der Waals surface area contributed by atoms with E-state index in [0.29, 0.717) is 18.8 Å². The van der Waals surface area contributed by atoms with Gasteiger partial charge in [-0.25, -0.2) is 4.79 Å². The Morgan fingerprint density at radius 1 is 1.91 bits per heavy atom. The van der Waals surface area contributed by atoms with E-state index in [-0.39, 0.29) is 5.97 Å². The minimum absolute atomic E-state index is 0.330. The van der Waals surface area contributed by atoms with Crippen LogP contribution in [0.3, 0.4) is 0 Å². The summed E-state index contributed by atoms with van der Waals surface area (Å²) >= 11 is 0. The maximum Gasteiger partial charge on any atom is 0.341 e. The average Bonchev–Trinajstić information content (AvgIpc) is 2.07. The summed E-state index contributed by atoms with van der Waals surface area (Å²) in [5.74, 6) is -0.330. The monoisotopic (exact) mass is 154 g/mol. The van der Waals surface area contributed by atoms with E-state index in [4.69, 9.17) is 4.74 Å². The van der Waals surface area contributed by atoms with Crippen molar-refractivity contribution in [3.63, 3.8) is 0 Å². The quantitative estimate of drug-likeness (QED) is 0.572. The van der Waals surface area contributed by atoms with Crippen molar-refractivity contribution in [1.82, 2.24) is 5.32 Å². The van der Waals surface area contributed by atoms with E-state index in [2.05, 4.69) is 10.3 Å². The number of nitrogens with one attached hydrogen (secondary N) is 1. The summed E-state index contributed by atoms with van der Waals surface area (Å²) in [5.41, 5.74) is 0.470. The van der Waals surface area contributed by atoms with E-state index < -0.39 is 0 Å². The molecule has 0 fully saturated rings. The Labute approximate surface area is 65.0 Å². The highest BCUT2D eigenvalue weighted by Crippen LogP contribution is 1.96. The molecule has 0 unspecified atom stereocenters. The zero-order chi connectivity index (χ0) is 8.10. The van der Waals surface area contributed by atoms with Gasteiger partial charge in [-0.3, -0.25) is 4.99 Å². The molecule has 1 heterocycles. The summed E-state index contributed by atoms with van der Waals surface area (Å²) in [6, 6.07) is 0. The van der Waals surface area contributed by atoms with Crippen LogP contribution in [-0.4, -0.2) is 25.5 Å². The fourth-order valence-electron chi connectivity index (χ4n) is 0.716. The molecule has 0 aliphatic carbocycles. The summed E-state index contributed by atoms with van der Waals surface area (Å²) in [4.78, 5) is 14.8. The predicted molar refractivity (Wildman–Crippen MR) is 41.2 cm³/mol. The van der Waals surface area contributed by atoms with Crippen LogP contribution < -0.4 is 5.32 Å². The molecule has 1 aliphatic heterocycles. The number of rotatable bonds is 2. The van der Waals surface area contributed by atoms with Gasteiger partial charge in [-0.2, -0.15) is 0 Å². The van der Waals surface area contributed by atoms with Gasteiger partial charge in [0.05, 0.1) is 12.2 Å². The van der Waals surface area contributed by atoms with E-state index >= 15 is 0 Å². The number of esters is 1. The first kappa shape index (κ1) is 7.78. The maximum absolute atomic E-state index is 11.0. The van der Waals surface area contributed by atoms with Gasteiger partial charge in [0.1, 0.15) is 6.67 Å². The van der Waals surface area contributed by atoms with Crippen LogP contribution in [0.25, 0.3) is 0 Å². The molecule has 0 aromatic carbocycles. The Balaban J connectivity index is 2.52. The lowest BCUT2D eigenvalue weighted by molar-refractivity contribution is -0.137. The van der Waals surface area contributed by atoms with E-state index in [1.165, 1.54) is 6.21 Å². The summed E-state index contributed by atoms with van der Waals surface area (Å²) in [5, 5.41) is 2.81. The van der Waals surface area contributed by atoms with Crippen molar-refractivity contribution in [2.45, 2.75) is 6.92 Å². The molecule has 0 aromatic heterocycles. The molecule has 1 rings (SSSR count). The highest BCUT2D eigenvalue weighted by Gasteiger charge is 2.08.